The van der Waals surface area contributed by atoms with Crippen LogP contribution in [0.3, 0.4) is 0 Å². The molecule has 0 unspecified atom stereocenters. The monoisotopic (exact) mass is 247 g/mol. The molecule has 16 heavy (non-hydrogen) atoms. The topological polar surface area (TPSA) is 66.4 Å². The van der Waals surface area contributed by atoms with Gasteiger partial charge in [-0.1, -0.05) is 36.4 Å². The number of hydrogen-bond donors (Lipinski definition) is 2. The van der Waals surface area contributed by atoms with Gasteiger partial charge in [-0.2, -0.15) is 8.42 Å². The summed E-state index contributed by atoms with van der Waals surface area (Å²) in [5.74, 6) is 0. The Hall–Kier alpha value is -0.590. The third kappa shape index (κ3) is 3.20. The molecule has 0 aliphatic carbocycles. The van der Waals surface area contributed by atoms with E-state index in [9.17, 15) is 8.42 Å². The van der Waals surface area contributed by atoms with E-state index in [1.807, 2.05) is 18.2 Å². The molecule has 0 saturated heterocycles. The molecule has 2 aromatic rings. The van der Waals surface area contributed by atoms with E-state index in [1.54, 1.807) is 24.3 Å². The summed E-state index contributed by atoms with van der Waals surface area (Å²) < 4.78 is 32.1. The first-order chi connectivity index (χ1) is 7.06. The second-order valence-electron chi connectivity index (χ2n) is 3.10. The Kier molecular flexibility index (Phi) is 4.35. The molecule has 2 N–H and O–H groups in total. The van der Waals surface area contributed by atoms with Crippen molar-refractivity contribution in [3.05, 3.63) is 42.5 Å². The minimum atomic E-state index is -4.22. The molecule has 0 bridgehead atoms. The summed E-state index contributed by atoms with van der Waals surface area (Å²) in [5.41, 5.74) is 0.371. The summed E-state index contributed by atoms with van der Waals surface area (Å²) in [6.07, 6.45) is 0. The summed E-state index contributed by atoms with van der Waals surface area (Å²) in [4.78, 5) is 0. The van der Waals surface area contributed by atoms with Crippen LogP contribution in [0.25, 0.3) is 10.8 Å². The van der Waals surface area contributed by atoms with Gasteiger partial charge in [0.15, 0.2) is 0 Å². The summed E-state index contributed by atoms with van der Waals surface area (Å²) in [5, 5.41) is 1.66. The van der Waals surface area contributed by atoms with Gasteiger partial charge in [-0.05, 0) is 11.5 Å². The molecule has 0 spiro atoms. The average molecular weight is 247 g/mol. The number of fused-ring (bicyclic) bond motifs is 1. The third-order valence-corrected chi connectivity index (χ3v) is 2.51. The van der Waals surface area contributed by atoms with Crippen LogP contribution in [0.1, 0.15) is 0 Å². The average Bonchev–Trinajstić information content (AvgIpc) is 2.16. The van der Waals surface area contributed by atoms with Crippen molar-refractivity contribution in [2.75, 3.05) is 4.72 Å². The van der Waals surface area contributed by atoms with E-state index < -0.39 is 10.3 Å². The van der Waals surface area contributed by atoms with Gasteiger partial charge >= 0.3 is 39.9 Å². The van der Waals surface area contributed by atoms with Crippen molar-refractivity contribution in [2.24, 2.45) is 0 Å². The van der Waals surface area contributed by atoms with E-state index in [2.05, 4.69) is 4.72 Å². The molecule has 0 saturated carbocycles. The molecular formula is C10H10NNaO3S. The molecule has 0 heterocycles. The predicted molar refractivity (Wildman–Crippen MR) is 66.3 cm³/mol. The Labute approximate surface area is 116 Å². The first kappa shape index (κ1) is 13.5. The predicted octanol–water partition coefficient (Wildman–Crippen LogP) is 1.41. The molecule has 80 valence electrons. The van der Waals surface area contributed by atoms with Crippen LogP contribution in [0, 0.1) is 0 Å². The van der Waals surface area contributed by atoms with Gasteiger partial charge in [-0.15, -0.1) is 0 Å². The maximum atomic E-state index is 10.7. The van der Waals surface area contributed by atoms with Crippen LogP contribution < -0.4 is 4.72 Å². The van der Waals surface area contributed by atoms with E-state index in [-0.39, 0.29) is 29.6 Å². The zero-order valence-electron chi connectivity index (χ0n) is 7.71. The molecule has 2 rings (SSSR count). The molecule has 2 aromatic carbocycles. The molecule has 0 atom stereocenters. The Bertz CT molecular complexity index is 593. The molecule has 0 aromatic heterocycles. The van der Waals surface area contributed by atoms with Crippen molar-refractivity contribution < 1.29 is 13.0 Å². The van der Waals surface area contributed by atoms with Crippen LogP contribution in [0.15, 0.2) is 42.5 Å². The molecule has 0 amide bonds. The fourth-order valence-electron chi connectivity index (χ4n) is 1.45. The van der Waals surface area contributed by atoms with Gasteiger partial charge in [-0.3, -0.25) is 9.27 Å². The summed E-state index contributed by atoms with van der Waals surface area (Å²) in [6.45, 7) is 0. The van der Waals surface area contributed by atoms with Crippen LogP contribution >= 0.6 is 0 Å². The molecule has 4 nitrogen and oxygen atoms in total. The molecule has 0 aliphatic rings. The summed E-state index contributed by atoms with van der Waals surface area (Å²) >= 11 is 0. The standard InChI is InChI=1S/C10H9NO3S.Na.H/c12-15(13,14)11-10-7-3-5-8-4-1-2-6-9(8)10;;/h1-7,11H,(H,12,13,14);;. The number of nitrogens with one attached hydrogen (secondary N) is 1. The van der Waals surface area contributed by atoms with E-state index in [1.165, 1.54) is 0 Å². The Morgan fingerprint density at radius 3 is 2.31 bits per heavy atom. The summed E-state index contributed by atoms with van der Waals surface area (Å²) in [6, 6.07) is 12.5. The van der Waals surface area contributed by atoms with E-state index >= 15 is 0 Å². The van der Waals surface area contributed by atoms with Gasteiger partial charge in [-0.25, -0.2) is 0 Å². The quantitative estimate of drug-likeness (QED) is 0.622. The van der Waals surface area contributed by atoms with Crippen LogP contribution in [0.5, 0.6) is 0 Å². The second-order valence-corrected chi connectivity index (χ2v) is 4.26. The van der Waals surface area contributed by atoms with Crippen molar-refractivity contribution in [2.45, 2.75) is 0 Å². The first-order valence-corrected chi connectivity index (χ1v) is 5.73. The number of benzene rings is 2. The fraction of sp³-hybridized carbons (Fsp3) is 0. The zero-order chi connectivity index (χ0) is 10.9. The third-order valence-electron chi connectivity index (χ3n) is 2.03. The van der Waals surface area contributed by atoms with Gasteiger partial charge in [0.2, 0.25) is 0 Å². The fourth-order valence-corrected chi connectivity index (χ4v) is 1.91. The number of hydrogen-bond acceptors (Lipinski definition) is 2. The first-order valence-electron chi connectivity index (χ1n) is 4.29. The Balaban J connectivity index is 0.00000128. The van der Waals surface area contributed by atoms with Crippen molar-refractivity contribution in [3.8, 4) is 0 Å². The number of rotatable bonds is 2. The van der Waals surface area contributed by atoms with Crippen molar-refractivity contribution in [1.82, 2.24) is 0 Å². The SMILES string of the molecule is O=S(=O)(O)Nc1cccc2ccccc12.[NaH]. The Morgan fingerprint density at radius 1 is 1.00 bits per heavy atom. The molecule has 0 fully saturated rings. The van der Waals surface area contributed by atoms with Gasteiger partial charge in [0.05, 0.1) is 5.69 Å². The van der Waals surface area contributed by atoms with Crippen molar-refractivity contribution in [3.63, 3.8) is 0 Å². The van der Waals surface area contributed by atoms with E-state index in [0.717, 1.165) is 10.8 Å². The normalized spacial score (nSPS) is 10.8. The zero-order valence-corrected chi connectivity index (χ0v) is 8.53. The van der Waals surface area contributed by atoms with Crippen LogP contribution in [0.2, 0.25) is 0 Å². The van der Waals surface area contributed by atoms with Crippen molar-refractivity contribution in [1.29, 1.82) is 0 Å². The molecular weight excluding hydrogens is 237 g/mol. The van der Waals surface area contributed by atoms with Gasteiger partial charge in [0, 0.05) is 5.39 Å². The summed E-state index contributed by atoms with van der Waals surface area (Å²) in [7, 11) is -4.22. The minimum absolute atomic E-state index is 0. The van der Waals surface area contributed by atoms with Gasteiger partial charge in [0.1, 0.15) is 0 Å². The van der Waals surface area contributed by atoms with Crippen LogP contribution in [-0.4, -0.2) is 42.5 Å². The number of anilines is 1. The molecule has 0 radical (unpaired) electrons. The Morgan fingerprint density at radius 2 is 1.62 bits per heavy atom. The van der Waals surface area contributed by atoms with Gasteiger partial charge in [0.25, 0.3) is 0 Å². The van der Waals surface area contributed by atoms with Crippen molar-refractivity contribution >= 4 is 56.3 Å². The molecule has 0 aliphatic heterocycles. The van der Waals surface area contributed by atoms with Gasteiger partial charge < -0.3 is 0 Å². The van der Waals surface area contributed by atoms with E-state index in [0.29, 0.717) is 5.69 Å². The maximum absolute atomic E-state index is 10.7. The second kappa shape index (κ2) is 5.16. The molecule has 6 heteroatoms. The van der Waals surface area contributed by atoms with E-state index in [4.69, 9.17) is 4.55 Å². The van der Waals surface area contributed by atoms with Crippen LogP contribution in [0.4, 0.5) is 5.69 Å². The van der Waals surface area contributed by atoms with Crippen LogP contribution in [-0.2, 0) is 10.3 Å².